The van der Waals surface area contributed by atoms with Crippen molar-refractivity contribution in [3.63, 3.8) is 0 Å². The first-order chi connectivity index (χ1) is 12.3. The third-order valence-electron chi connectivity index (χ3n) is 3.94. The minimum atomic E-state index is -0.195. The predicted molar refractivity (Wildman–Crippen MR) is 107 cm³/mol. The Morgan fingerprint density at radius 1 is 1.04 bits per heavy atom. The molecule has 0 atom stereocenters. The average Bonchev–Trinajstić information content (AvgIpc) is 2.58. The molecule has 2 aromatic carbocycles. The molecule has 5 heteroatoms. The van der Waals surface area contributed by atoms with Gasteiger partial charge in [-0.25, -0.2) is 4.79 Å². The van der Waals surface area contributed by atoms with Gasteiger partial charge in [0.1, 0.15) is 12.4 Å². The van der Waals surface area contributed by atoms with Crippen LogP contribution in [-0.2, 0) is 11.8 Å². The molecule has 0 saturated carbocycles. The number of rotatable bonds is 7. The minimum Gasteiger partial charge on any atom is -0.492 e. The standard InChI is InChI=1S/C21H27ClN2O2/c1-21(2,3)17-7-5-9-19(15-17)26-13-12-24-20(25)23-11-10-16-6-4-8-18(22)14-16/h4-9,14-15H,10-13H2,1-3H3,(H2,23,24,25). The summed E-state index contributed by atoms with van der Waals surface area (Å²) < 4.78 is 5.72. The van der Waals surface area contributed by atoms with Gasteiger partial charge in [-0.15, -0.1) is 0 Å². The number of ether oxygens (including phenoxy) is 1. The van der Waals surface area contributed by atoms with E-state index in [1.807, 2.05) is 42.5 Å². The Kier molecular flexibility index (Phi) is 7.34. The van der Waals surface area contributed by atoms with Crippen molar-refractivity contribution in [3.8, 4) is 5.75 Å². The summed E-state index contributed by atoms with van der Waals surface area (Å²) in [5.41, 5.74) is 2.40. The quantitative estimate of drug-likeness (QED) is 0.698. The van der Waals surface area contributed by atoms with E-state index in [0.717, 1.165) is 17.7 Å². The van der Waals surface area contributed by atoms with E-state index < -0.39 is 0 Å². The Morgan fingerprint density at radius 3 is 2.50 bits per heavy atom. The van der Waals surface area contributed by atoms with Crippen molar-refractivity contribution < 1.29 is 9.53 Å². The molecule has 4 nitrogen and oxygen atoms in total. The molecule has 0 bridgehead atoms. The molecular weight excluding hydrogens is 348 g/mol. The van der Waals surface area contributed by atoms with Crippen LogP contribution in [0.2, 0.25) is 5.02 Å². The lowest BCUT2D eigenvalue weighted by atomic mass is 9.87. The number of halogens is 1. The summed E-state index contributed by atoms with van der Waals surface area (Å²) in [6.45, 7) is 7.93. The highest BCUT2D eigenvalue weighted by molar-refractivity contribution is 6.30. The summed E-state index contributed by atoms with van der Waals surface area (Å²) >= 11 is 5.94. The molecule has 0 spiro atoms. The molecule has 0 saturated heterocycles. The third kappa shape index (κ3) is 6.96. The maximum Gasteiger partial charge on any atom is 0.314 e. The van der Waals surface area contributed by atoms with Gasteiger partial charge in [-0.05, 0) is 47.2 Å². The molecule has 26 heavy (non-hydrogen) atoms. The van der Waals surface area contributed by atoms with Gasteiger partial charge in [-0.2, -0.15) is 0 Å². The second-order valence-electron chi connectivity index (χ2n) is 7.19. The van der Waals surface area contributed by atoms with Crippen LogP contribution in [0.25, 0.3) is 0 Å². The zero-order valence-corrected chi connectivity index (χ0v) is 16.4. The molecule has 2 aromatic rings. The Balaban J connectivity index is 1.64. The number of amides is 2. The molecule has 0 aliphatic rings. The van der Waals surface area contributed by atoms with Gasteiger partial charge in [0.05, 0.1) is 6.54 Å². The molecule has 0 unspecified atom stereocenters. The monoisotopic (exact) mass is 374 g/mol. The van der Waals surface area contributed by atoms with Gasteiger partial charge >= 0.3 is 6.03 Å². The molecular formula is C21H27ClN2O2. The molecule has 0 fully saturated rings. The van der Waals surface area contributed by atoms with Crippen LogP contribution < -0.4 is 15.4 Å². The first-order valence-corrected chi connectivity index (χ1v) is 9.22. The molecule has 2 rings (SSSR count). The number of carbonyl (C=O) groups excluding carboxylic acids is 1. The van der Waals surface area contributed by atoms with E-state index in [2.05, 4.69) is 37.5 Å². The Morgan fingerprint density at radius 2 is 1.77 bits per heavy atom. The summed E-state index contributed by atoms with van der Waals surface area (Å²) in [5.74, 6) is 0.820. The first-order valence-electron chi connectivity index (χ1n) is 8.84. The van der Waals surface area contributed by atoms with Crippen molar-refractivity contribution in [2.75, 3.05) is 19.7 Å². The van der Waals surface area contributed by atoms with Crippen LogP contribution in [0, 0.1) is 0 Å². The van der Waals surface area contributed by atoms with E-state index in [1.54, 1.807) is 0 Å². The van der Waals surface area contributed by atoms with Gasteiger partial charge in [-0.3, -0.25) is 0 Å². The highest BCUT2D eigenvalue weighted by atomic mass is 35.5. The summed E-state index contributed by atoms with van der Waals surface area (Å²) in [7, 11) is 0. The van der Waals surface area contributed by atoms with Gasteiger partial charge in [0, 0.05) is 11.6 Å². The van der Waals surface area contributed by atoms with Gasteiger partial charge in [-0.1, -0.05) is 56.6 Å². The molecule has 2 amide bonds. The predicted octanol–water partition coefficient (Wildman–Crippen LogP) is 4.56. The van der Waals surface area contributed by atoms with Crippen LogP contribution in [0.4, 0.5) is 4.79 Å². The molecule has 2 N–H and O–H groups in total. The summed E-state index contributed by atoms with van der Waals surface area (Å²) in [6, 6.07) is 15.5. The number of benzene rings is 2. The van der Waals surface area contributed by atoms with Gasteiger partial charge in [0.25, 0.3) is 0 Å². The lowest BCUT2D eigenvalue weighted by Crippen LogP contribution is -2.38. The Bertz CT molecular complexity index is 726. The van der Waals surface area contributed by atoms with Crippen LogP contribution in [0.3, 0.4) is 0 Å². The lowest BCUT2D eigenvalue weighted by Gasteiger charge is -2.19. The van der Waals surface area contributed by atoms with E-state index in [1.165, 1.54) is 5.56 Å². The van der Waals surface area contributed by atoms with Crippen LogP contribution in [0.15, 0.2) is 48.5 Å². The number of hydrogen-bond acceptors (Lipinski definition) is 2. The average molecular weight is 375 g/mol. The van der Waals surface area contributed by atoms with E-state index in [4.69, 9.17) is 16.3 Å². The highest BCUT2D eigenvalue weighted by Crippen LogP contribution is 2.25. The van der Waals surface area contributed by atoms with E-state index >= 15 is 0 Å². The molecule has 0 aromatic heterocycles. The van der Waals surface area contributed by atoms with E-state index in [0.29, 0.717) is 24.7 Å². The van der Waals surface area contributed by atoms with Crippen LogP contribution in [-0.4, -0.2) is 25.7 Å². The normalized spacial score (nSPS) is 11.1. The smallest absolute Gasteiger partial charge is 0.314 e. The van der Waals surface area contributed by atoms with Crippen molar-refractivity contribution in [1.82, 2.24) is 10.6 Å². The molecule has 0 heterocycles. The van der Waals surface area contributed by atoms with Gasteiger partial charge in [0.15, 0.2) is 0 Å². The maximum absolute atomic E-state index is 11.8. The zero-order chi connectivity index (χ0) is 19.0. The minimum absolute atomic E-state index is 0.0838. The summed E-state index contributed by atoms with van der Waals surface area (Å²) in [5, 5.41) is 6.33. The lowest BCUT2D eigenvalue weighted by molar-refractivity contribution is 0.236. The van der Waals surface area contributed by atoms with Gasteiger partial charge in [0.2, 0.25) is 0 Å². The van der Waals surface area contributed by atoms with Crippen molar-refractivity contribution in [2.24, 2.45) is 0 Å². The highest BCUT2D eigenvalue weighted by Gasteiger charge is 2.13. The first kappa shape index (κ1) is 20.1. The van der Waals surface area contributed by atoms with Crippen LogP contribution >= 0.6 is 11.6 Å². The number of hydrogen-bond donors (Lipinski definition) is 2. The number of nitrogens with one attached hydrogen (secondary N) is 2. The van der Waals surface area contributed by atoms with Crippen molar-refractivity contribution in [3.05, 3.63) is 64.7 Å². The third-order valence-corrected chi connectivity index (χ3v) is 4.18. The molecule has 0 aliphatic carbocycles. The van der Waals surface area contributed by atoms with Gasteiger partial charge < -0.3 is 15.4 Å². The second kappa shape index (κ2) is 9.48. The van der Waals surface area contributed by atoms with Crippen molar-refractivity contribution in [2.45, 2.75) is 32.6 Å². The number of urea groups is 1. The van der Waals surface area contributed by atoms with Crippen molar-refractivity contribution in [1.29, 1.82) is 0 Å². The maximum atomic E-state index is 11.8. The fraction of sp³-hybridized carbons (Fsp3) is 0.381. The fourth-order valence-electron chi connectivity index (χ4n) is 2.46. The van der Waals surface area contributed by atoms with Crippen LogP contribution in [0.5, 0.6) is 5.75 Å². The molecule has 0 aliphatic heterocycles. The number of carbonyl (C=O) groups is 1. The second-order valence-corrected chi connectivity index (χ2v) is 7.63. The zero-order valence-electron chi connectivity index (χ0n) is 15.6. The summed E-state index contributed by atoms with van der Waals surface area (Å²) in [4.78, 5) is 11.8. The van der Waals surface area contributed by atoms with Crippen molar-refractivity contribution >= 4 is 17.6 Å². The topological polar surface area (TPSA) is 50.4 Å². The molecule has 140 valence electrons. The van der Waals surface area contributed by atoms with E-state index in [9.17, 15) is 4.79 Å². The fourth-order valence-corrected chi connectivity index (χ4v) is 2.67. The van der Waals surface area contributed by atoms with E-state index in [-0.39, 0.29) is 11.4 Å². The van der Waals surface area contributed by atoms with Crippen LogP contribution in [0.1, 0.15) is 31.9 Å². The Labute approximate surface area is 160 Å². The Hall–Kier alpha value is -2.20. The summed E-state index contributed by atoms with van der Waals surface area (Å²) in [6.07, 6.45) is 0.740. The molecule has 0 radical (unpaired) electrons. The SMILES string of the molecule is CC(C)(C)c1cccc(OCCNC(=O)NCCc2cccc(Cl)c2)c1. The largest absolute Gasteiger partial charge is 0.492 e.